The molecule has 0 saturated carbocycles. The Bertz CT molecular complexity index is 446. The van der Waals surface area contributed by atoms with Crippen molar-refractivity contribution in [2.24, 2.45) is 5.92 Å². The van der Waals surface area contributed by atoms with E-state index in [2.05, 4.69) is 20.8 Å². The van der Waals surface area contributed by atoms with Gasteiger partial charge in [-0.15, -0.1) is 11.8 Å². The molecule has 20 heavy (non-hydrogen) atoms. The summed E-state index contributed by atoms with van der Waals surface area (Å²) in [4.78, 5) is 0.653. The van der Waals surface area contributed by atoms with Crippen molar-refractivity contribution in [3.8, 4) is 5.75 Å². The van der Waals surface area contributed by atoms with Crippen LogP contribution in [0.25, 0.3) is 0 Å². The molecule has 114 valence electrons. The van der Waals surface area contributed by atoms with Gasteiger partial charge in [-0.25, -0.2) is 0 Å². The second kappa shape index (κ2) is 8.24. The van der Waals surface area contributed by atoms with E-state index in [0.717, 1.165) is 19.3 Å². The van der Waals surface area contributed by atoms with Crippen LogP contribution in [0.15, 0.2) is 4.90 Å². The van der Waals surface area contributed by atoms with E-state index in [1.807, 2.05) is 0 Å². The zero-order valence-electron chi connectivity index (χ0n) is 11.6. The van der Waals surface area contributed by atoms with Gasteiger partial charge in [0.15, 0.2) is 5.75 Å². The third kappa shape index (κ3) is 3.84. The Labute approximate surface area is 144 Å². The van der Waals surface area contributed by atoms with Crippen LogP contribution >= 0.6 is 58.2 Å². The lowest BCUT2D eigenvalue weighted by Gasteiger charge is -2.25. The number of phenols is 1. The van der Waals surface area contributed by atoms with Crippen LogP contribution in [0.3, 0.4) is 0 Å². The first kappa shape index (κ1) is 18.6. The summed E-state index contributed by atoms with van der Waals surface area (Å²) >= 11 is 26.0. The summed E-state index contributed by atoms with van der Waals surface area (Å²) in [5, 5.41) is 10.8. The maximum absolute atomic E-state index is 9.74. The summed E-state index contributed by atoms with van der Waals surface area (Å²) in [6.45, 7) is 6.50. The molecule has 0 bridgehead atoms. The quantitative estimate of drug-likeness (QED) is 0.415. The predicted molar refractivity (Wildman–Crippen MR) is 92.2 cm³/mol. The van der Waals surface area contributed by atoms with Crippen LogP contribution in [0.2, 0.25) is 20.1 Å². The third-order valence-electron chi connectivity index (χ3n) is 3.45. The fourth-order valence-corrected chi connectivity index (χ4v) is 4.86. The minimum atomic E-state index is -0.261. The lowest BCUT2D eigenvalue weighted by atomic mass is 9.97. The fraction of sp³-hybridized carbons (Fsp3) is 0.571. The number of benzene rings is 1. The van der Waals surface area contributed by atoms with Crippen LogP contribution in [-0.4, -0.2) is 10.4 Å². The molecule has 0 spiro atoms. The van der Waals surface area contributed by atoms with Crippen molar-refractivity contribution in [2.75, 3.05) is 0 Å². The monoisotopic (exact) mass is 374 g/mol. The van der Waals surface area contributed by atoms with E-state index in [1.54, 1.807) is 11.8 Å². The van der Waals surface area contributed by atoms with Gasteiger partial charge in [-0.05, 0) is 12.3 Å². The first-order chi connectivity index (χ1) is 9.38. The minimum Gasteiger partial charge on any atom is -0.505 e. The average molecular weight is 376 g/mol. The molecule has 1 rings (SSSR count). The van der Waals surface area contributed by atoms with Crippen molar-refractivity contribution in [3.05, 3.63) is 20.1 Å². The van der Waals surface area contributed by atoms with Crippen molar-refractivity contribution >= 4 is 58.2 Å². The Morgan fingerprint density at radius 1 is 0.850 bits per heavy atom. The van der Waals surface area contributed by atoms with Crippen molar-refractivity contribution in [1.82, 2.24) is 0 Å². The van der Waals surface area contributed by atoms with Gasteiger partial charge in [-0.2, -0.15) is 0 Å². The first-order valence-corrected chi connectivity index (χ1v) is 8.99. The Balaban J connectivity index is 3.20. The molecule has 1 nitrogen and oxygen atoms in total. The van der Waals surface area contributed by atoms with Crippen molar-refractivity contribution < 1.29 is 5.11 Å². The molecule has 0 amide bonds. The normalized spacial score (nSPS) is 13.0. The van der Waals surface area contributed by atoms with E-state index in [1.165, 1.54) is 0 Å². The minimum absolute atomic E-state index is 0.0583. The van der Waals surface area contributed by atoms with E-state index in [9.17, 15) is 5.11 Å². The summed E-state index contributed by atoms with van der Waals surface area (Å²) in [6, 6.07) is 0. The van der Waals surface area contributed by atoms with Crippen molar-refractivity contribution in [1.29, 1.82) is 0 Å². The van der Waals surface area contributed by atoms with Gasteiger partial charge >= 0.3 is 0 Å². The molecule has 0 heterocycles. The van der Waals surface area contributed by atoms with E-state index in [-0.39, 0.29) is 25.8 Å². The van der Waals surface area contributed by atoms with Crippen LogP contribution in [0.4, 0.5) is 0 Å². The molecule has 0 aliphatic carbocycles. The highest BCUT2D eigenvalue weighted by Crippen LogP contribution is 2.51. The zero-order chi connectivity index (χ0) is 15.4. The molecule has 0 radical (unpaired) electrons. The van der Waals surface area contributed by atoms with Crippen molar-refractivity contribution in [2.45, 2.75) is 50.2 Å². The Morgan fingerprint density at radius 3 is 1.65 bits per heavy atom. The zero-order valence-corrected chi connectivity index (χ0v) is 15.5. The molecule has 6 heteroatoms. The van der Waals surface area contributed by atoms with Gasteiger partial charge in [0.2, 0.25) is 0 Å². The summed E-state index contributed by atoms with van der Waals surface area (Å²) in [6.07, 6.45) is 3.19. The van der Waals surface area contributed by atoms with Crippen LogP contribution in [-0.2, 0) is 0 Å². The molecule has 0 aliphatic rings. The second-order valence-electron chi connectivity index (χ2n) is 4.57. The molecule has 0 saturated heterocycles. The Hall–Kier alpha value is 0.530. The fourth-order valence-electron chi connectivity index (χ4n) is 2.18. The molecule has 1 atom stereocenters. The molecule has 0 fully saturated rings. The summed E-state index contributed by atoms with van der Waals surface area (Å²) in [5.41, 5.74) is 0. The third-order valence-corrected chi connectivity index (χ3v) is 7.02. The summed E-state index contributed by atoms with van der Waals surface area (Å²) in [5.74, 6) is 0.312. The molecule has 1 aromatic rings. The highest BCUT2D eigenvalue weighted by atomic mass is 35.5. The highest BCUT2D eigenvalue weighted by Gasteiger charge is 2.25. The average Bonchev–Trinajstić information content (AvgIpc) is 2.46. The van der Waals surface area contributed by atoms with Gasteiger partial charge < -0.3 is 5.11 Å². The SMILES string of the molecule is CCC(CC)C(CC)Sc1c(Cl)c(Cl)c(O)c(Cl)c1Cl. The molecule has 0 aromatic heterocycles. The predicted octanol–water partition coefficient (Wildman–Crippen LogP) is 7.31. The number of rotatable bonds is 6. The Kier molecular flexibility index (Phi) is 7.65. The van der Waals surface area contributed by atoms with Gasteiger partial charge in [0.25, 0.3) is 0 Å². The number of thioether (sulfide) groups is 1. The van der Waals surface area contributed by atoms with E-state index >= 15 is 0 Å². The molecule has 1 N–H and O–H groups in total. The standard InChI is InChI=1S/C14H18Cl4OS/c1-4-7(5-2)8(6-3)20-14-11(17)9(15)13(19)10(16)12(14)18/h7-8,19H,4-6H2,1-3H3. The largest absolute Gasteiger partial charge is 0.505 e. The smallest absolute Gasteiger partial charge is 0.155 e. The highest BCUT2D eigenvalue weighted by molar-refractivity contribution is 8.00. The van der Waals surface area contributed by atoms with E-state index in [0.29, 0.717) is 16.1 Å². The van der Waals surface area contributed by atoms with Crippen molar-refractivity contribution in [3.63, 3.8) is 0 Å². The maximum Gasteiger partial charge on any atom is 0.155 e. The topological polar surface area (TPSA) is 20.2 Å². The summed E-state index contributed by atoms with van der Waals surface area (Å²) in [7, 11) is 0. The number of hydrogen-bond donors (Lipinski definition) is 1. The maximum atomic E-state index is 9.74. The Morgan fingerprint density at radius 2 is 1.30 bits per heavy atom. The van der Waals surface area contributed by atoms with Crippen LogP contribution in [0, 0.1) is 5.92 Å². The molecule has 0 aliphatic heterocycles. The lowest BCUT2D eigenvalue weighted by Crippen LogP contribution is -2.15. The van der Waals surface area contributed by atoms with Gasteiger partial charge in [-0.1, -0.05) is 80.0 Å². The van der Waals surface area contributed by atoms with Crippen LogP contribution < -0.4 is 0 Å². The van der Waals surface area contributed by atoms with E-state index < -0.39 is 0 Å². The number of halogens is 4. The molecule has 1 aromatic carbocycles. The molecule has 1 unspecified atom stereocenters. The molecular weight excluding hydrogens is 358 g/mol. The van der Waals surface area contributed by atoms with E-state index in [4.69, 9.17) is 46.4 Å². The first-order valence-electron chi connectivity index (χ1n) is 6.60. The van der Waals surface area contributed by atoms with Gasteiger partial charge in [0.05, 0.1) is 10.0 Å². The molecular formula is C14H18Cl4OS. The van der Waals surface area contributed by atoms with Crippen LogP contribution in [0.5, 0.6) is 5.75 Å². The number of hydrogen-bond acceptors (Lipinski definition) is 2. The number of aromatic hydroxyl groups is 1. The van der Waals surface area contributed by atoms with Gasteiger partial charge in [0, 0.05) is 10.1 Å². The van der Waals surface area contributed by atoms with Gasteiger partial charge in [-0.3, -0.25) is 0 Å². The lowest BCUT2D eigenvalue weighted by molar-refractivity contribution is 0.464. The second-order valence-corrected chi connectivity index (χ2v) is 7.34. The van der Waals surface area contributed by atoms with Crippen LogP contribution in [0.1, 0.15) is 40.0 Å². The van der Waals surface area contributed by atoms with Gasteiger partial charge in [0.1, 0.15) is 10.0 Å². The summed E-state index contributed by atoms with van der Waals surface area (Å²) < 4.78 is 0. The number of phenolic OH excluding ortho intramolecular Hbond substituents is 1.